The Bertz CT molecular complexity index is 419. The molecule has 0 aliphatic rings. The molecule has 13 heavy (non-hydrogen) atoms. The van der Waals surface area contributed by atoms with Crippen LogP contribution in [-0.2, 0) is 9.84 Å². The van der Waals surface area contributed by atoms with Gasteiger partial charge in [0, 0.05) is 12.5 Å². The summed E-state index contributed by atoms with van der Waals surface area (Å²) in [6.45, 7) is 0. The highest BCUT2D eigenvalue weighted by Gasteiger charge is 2.12. The van der Waals surface area contributed by atoms with Crippen LogP contribution in [0.4, 0.5) is 5.82 Å². The van der Waals surface area contributed by atoms with Gasteiger partial charge in [0.15, 0.2) is 5.82 Å². The van der Waals surface area contributed by atoms with Gasteiger partial charge in [-0.3, -0.25) is 0 Å². The number of anilines is 1. The fraction of sp³-hybridized carbons (Fsp3) is 0.200. The van der Waals surface area contributed by atoms with E-state index in [-0.39, 0.29) is 11.0 Å². The Hall–Kier alpha value is -0.730. The van der Waals surface area contributed by atoms with Gasteiger partial charge < -0.3 is 5.43 Å². The van der Waals surface area contributed by atoms with Crippen LogP contribution in [0.25, 0.3) is 0 Å². The fourth-order valence-corrected chi connectivity index (χ4v) is 1.44. The number of nitrogens with zero attached hydrogens (tertiary/aromatic N) is 2. The molecule has 0 saturated carbocycles. The molecule has 0 saturated heterocycles. The second-order valence-electron chi connectivity index (χ2n) is 2.27. The standard InChI is InChI=1S/C5H7BrN4O2S/c1-13(11,12)5-8-2-3(6)4(9-5)10-7/h2H,7H2,1H3,(H,8,9,10). The van der Waals surface area contributed by atoms with Gasteiger partial charge in [-0.1, -0.05) is 0 Å². The molecule has 0 amide bonds. The predicted octanol–water partition coefficient (Wildman–Crippen LogP) is -0.0718. The van der Waals surface area contributed by atoms with Gasteiger partial charge in [-0.25, -0.2) is 19.2 Å². The second kappa shape index (κ2) is 3.56. The molecule has 3 N–H and O–H groups in total. The van der Waals surface area contributed by atoms with Crippen molar-refractivity contribution < 1.29 is 8.42 Å². The van der Waals surface area contributed by atoms with Crippen molar-refractivity contribution >= 4 is 31.6 Å². The molecule has 1 aromatic heterocycles. The zero-order chi connectivity index (χ0) is 10.1. The summed E-state index contributed by atoms with van der Waals surface area (Å²) in [6.07, 6.45) is 2.34. The molecule has 6 nitrogen and oxygen atoms in total. The van der Waals surface area contributed by atoms with Crippen molar-refractivity contribution in [3.05, 3.63) is 10.7 Å². The summed E-state index contributed by atoms with van der Waals surface area (Å²) in [5.74, 6) is 5.33. The van der Waals surface area contributed by atoms with Gasteiger partial charge in [0.05, 0.1) is 4.47 Å². The molecule has 0 radical (unpaired) electrons. The van der Waals surface area contributed by atoms with Crippen molar-refractivity contribution in [1.29, 1.82) is 0 Å². The number of hydrogen-bond donors (Lipinski definition) is 2. The van der Waals surface area contributed by atoms with Crippen LogP contribution < -0.4 is 11.3 Å². The summed E-state index contributed by atoms with van der Waals surface area (Å²) in [5, 5.41) is -0.261. The van der Waals surface area contributed by atoms with E-state index in [1.807, 2.05) is 0 Å². The molecule has 0 atom stereocenters. The lowest BCUT2D eigenvalue weighted by molar-refractivity contribution is 0.593. The number of hydrazine groups is 1. The first kappa shape index (κ1) is 10.4. The molecule has 8 heteroatoms. The van der Waals surface area contributed by atoms with Crippen molar-refractivity contribution in [3.63, 3.8) is 0 Å². The van der Waals surface area contributed by atoms with Crippen molar-refractivity contribution in [3.8, 4) is 0 Å². The monoisotopic (exact) mass is 266 g/mol. The van der Waals surface area contributed by atoms with E-state index < -0.39 is 9.84 Å². The number of hydrogen-bond acceptors (Lipinski definition) is 6. The number of rotatable bonds is 2. The molecule has 0 aliphatic heterocycles. The molecule has 0 fully saturated rings. The van der Waals surface area contributed by atoms with E-state index in [1.54, 1.807) is 0 Å². The number of nitrogens with two attached hydrogens (primary N) is 1. The summed E-state index contributed by atoms with van der Waals surface area (Å²) in [5.41, 5.74) is 2.25. The van der Waals surface area contributed by atoms with Crippen LogP contribution in [0.15, 0.2) is 15.8 Å². The van der Waals surface area contributed by atoms with Crippen LogP contribution >= 0.6 is 15.9 Å². The maximum Gasteiger partial charge on any atom is 0.248 e. The maximum absolute atomic E-state index is 11.0. The summed E-state index contributed by atoms with van der Waals surface area (Å²) in [7, 11) is -3.39. The van der Waals surface area contributed by atoms with E-state index in [1.165, 1.54) is 6.20 Å². The van der Waals surface area contributed by atoms with E-state index >= 15 is 0 Å². The third kappa shape index (κ3) is 2.36. The zero-order valence-electron chi connectivity index (χ0n) is 6.65. The first-order valence-corrected chi connectivity index (χ1v) is 5.83. The quantitative estimate of drug-likeness (QED) is 0.442. The molecular formula is C5H7BrN4O2S. The Morgan fingerprint density at radius 1 is 1.62 bits per heavy atom. The SMILES string of the molecule is CS(=O)(=O)c1ncc(Br)c(NN)n1. The highest BCUT2D eigenvalue weighted by atomic mass is 79.9. The normalized spacial score (nSPS) is 11.3. The molecule has 1 heterocycles. The fourth-order valence-electron chi connectivity index (χ4n) is 0.631. The van der Waals surface area contributed by atoms with E-state index in [0.29, 0.717) is 4.47 Å². The largest absolute Gasteiger partial charge is 0.307 e. The van der Waals surface area contributed by atoms with E-state index in [4.69, 9.17) is 5.84 Å². The lowest BCUT2D eigenvalue weighted by Crippen LogP contribution is -2.12. The Morgan fingerprint density at radius 2 is 2.23 bits per heavy atom. The van der Waals surface area contributed by atoms with E-state index in [2.05, 4.69) is 31.3 Å². The van der Waals surface area contributed by atoms with E-state index in [9.17, 15) is 8.42 Å². The Labute approximate surface area is 83.6 Å². The molecule has 0 aliphatic carbocycles. The maximum atomic E-state index is 11.0. The minimum atomic E-state index is -3.39. The van der Waals surface area contributed by atoms with Crippen LogP contribution in [0.5, 0.6) is 0 Å². The Morgan fingerprint density at radius 3 is 2.69 bits per heavy atom. The number of sulfone groups is 1. The average molecular weight is 267 g/mol. The molecule has 1 rings (SSSR count). The molecule has 0 aromatic carbocycles. The Kier molecular flexibility index (Phi) is 2.84. The highest BCUT2D eigenvalue weighted by molar-refractivity contribution is 9.10. The first-order valence-electron chi connectivity index (χ1n) is 3.14. The highest BCUT2D eigenvalue weighted by Crippen LogP contribution is 2.18. The first-order chi connectivity index (χ1) is 5.95. The topological polar surface area (TPSA) is 98.0 Å². The van der Waals surface area contributed by atoms with Crippen molar-refractivity contribution in [1.82, 2.24) is 9.97 Å². The van der Waals surface area contributed by atoms with Gasteiger partial charge in [0.1, 0.15) is 0 Å². The van der Waals surface area contributed by atoms with Crippen LogP contribution in [0, 0.1) is 0 Å². The average Bonchev–Trinajstić information content (AvgIpc) is 2.03. The third-order valence-electron chi connectivity index (χ3n) is 1.19. The van der Waals surface area contributed by atoms with Gasteiger partial charge in [0.25, 0.3) is 0 Å². The van der Waals surface area contributed by atoms with E-state index in [0.717, 1.165) is 6.26 Å². The van der Waals surface area contributed by atoms with Crippen LogP contribution in [0.1, 0.15) is 0 Å². The van der Waals surface area contributed by atoms with Crippen molar-refractivity contribution in [2.45, 2.75) is 5.16 Å². The number of nitrogen functional groups attached to an aromatic ring is 1. The number of halogens is 1. The molecule has 0 spiro atoms. The van der Waals surface area contributed by atoms with Crippen LogP contribution in [0.3, 0.4) is 0 Å². The van der Waals surface area contributed by atoms with Crippen molar-refractivity contribution in [2.24, 2.45) is 5.84 Å². The lowest BCUT2D eigenvalue weighted by atomic mass is 10.6. The smallest absolute Gasteiger partial charge is 0.248 e. The minimum absolute atomic E-state index is 0.232. The van der Waals surface area contributed by atoms with Gasteiger partial charge in [-0.2, -0.15) is 4.98 Å². The van der Waals surface area contributed by atoms with Gasteiger partial charge in [-0.05, 0) is 15.9 Å². The summed E-state index contributed by atoms with van der Waals surface area (Å²) in [4.78, 5) is 7.30. The summed E-state index contributed by atoms with van der Waals surface area (Å²) < 4.78 is 22.5. The van der Waals surface area contributed by atoms with Crippen LogP contribution in [-0.4, -0.2) is 24.6 Å². The van der Waals surface area contributed by atoms with Crippen LogP contribution in [0.2, 0.25) is 0 Å². The summed E-state index contributed by atoms with van der Waals surface area (Å²) >= 11 is 3.10. The van der Waals surface area contributed by atoms with Crippen molar-refractivity contribution in [2.75, 3.05) is 11.7 Å². The predicted molar refractivity (Wildman–Crippen MR) is 50.7 cm³/mol. The Balaban J connectivity index is 3.30. The molecule has 0 bridgehead atoms. The lowest BCUT2D eigenvalue weighted by Gasteiger charge is -2.02. The minimum Gasteiger partial charge on any atom is -0.307 e. The second-order valence-corrected chi connectivity index (χ2v) is 5.03. The zero-order valence-corrected chi connectivity index (χ0v) is 9.05. The summed E-state index contributed by atoms with van der Waals surface area (Å²) in [6, 6.07) is 0. The van der Waals surface area contributed by atoms with Gasteiger partial charge in [-0.15, -0.1) is 0 Å². The molecule has 72 valence electrons. The van der Waals surface area contributed by atoms with Gasteiger partial charge in [0.2, 0.25) is 15.0 Å². The molecule has 1 aromatic rings. The molecule has 0 unspecified atom stereocenters. The number of aromatic nitrogens is 2. The molecular weight excluding hydrogens is 260 g/mol. The third-order valence-corrected chi connectivity index (χ3v) is 2.63. The number of nitrogens with one attached hydrogen (secondary N) is 1. The van der Waals surface area contributed by atoms with Gasteiger partial charge >= 0.3 is 0 Å².